The van der Waals surface area contributed by atoms with Crippen molar-refractivity contribution in [1.82, 2.24) is 19.8 Å². The largest absolute Gasteiger partial charge is 0.470 e. The number of piperidine rings is 1. The summed E-state index contributed by atoms with van der Waals surface area (Å²) >= 11 is 6.03. The molecule has 2 aliphatic heterocycles. The van der Waals surface area contributed by atoms with Gasteiger partial charge in [0.1, 0.15) is 18.7 Å². The zero-order chi connectivity index (χ0) is 21.8. The molecule has 2 fully saturated rings. The molecule has 2 saturated heterocycles. The Kier molecular flexibility index (Phi) is 6.18. The minimum atomic E-state index is -0.279. The van der Waals surface area contributed by atoms with Crippen molar-refractivity contribution in [3.63, 3.8) is 0 Å². The van der Waals surface area contributed by atoms with Gasteiger partial charge in [0.05, 0.1) is 6.54 Å². The molecule has 0 bridgehead atoms. The van der Waals surface area contributed by atoms with Crippen LogP contribution >= 0.6 is 11.6 Å². The summed E-state index contributed by atoms with van der Waals surface area (Å²) in [4.78, 5) is 38.5. The molecule has 4 rings (SSSR count). The van der Waals surface area contributed by atoms with Crippen molar-refractivity contribution in [2.75, 3.05) is 37.6 Å². The highest BCUT2D eigenvalue weighted by Gasteiger charge is 2.33. The fraction of sp³-hybridized carbons (Fsp3) is 0.381. The molecule has 0 radical (unpaired) electrons. The number of amides is 3. The molecule has 3 amide bonds. The Labute approximate surface area is 184 Å². The van der Waals surface area contributed by atoms with Crippen LogP contribution in [-0.4, -0.2) is 70.5 Å². The molecule has 2 aromatic rings. The number of urea groups is 1. The number of benzene rings is 1. The van der Waals surface area contributed by atoms with Crippen LogP contribution in [0.1, 0.15) is 18.5 Å². The molecule has 10 heteroatoms. The molecule has 0 spiro atoms. The monoisotopic (exact) mass is 440 g/mol. The van der Waals surface area contributed by atoms with Crippen molar-refractivity contribution in [3.05, 3.63) is 47.4 Å². The van der Waals surface area contributed by atoms with E-state index in [1.807, 2.05) is 12.1 Å². The number of rotatable bonds is 5. The summed E-state index contributed by atoms with van der Waals surface area (Å²) < 4.78 is 5.84. The summed E-state index contributed by atoms with van der Waals surface area (Å²) in [7, 11) is 0. The zero-order valence-electron chi connectivity index (χ0n) is 16.8. The highest BCUT2D eigenvalue weighted by molar-refractivity contribution is 6.30. The van der Waals surface area contributed by atoms with Crippen LogP contribution in [0.2, 0.25) is 5.02 Å². The van der Waals surface area contributed by atoms with Gasteiger partial charge in [0.15, 0.2) is 0 Å². The normalized spacial score (nSPS) is 18.8. The molecule has 0 aliphatic carbocycles. The Morgan fingerprint density at radius 1 is 1.26 bits per heavy atom. The van der Waals surface area contributed by atoms with Gasteiger partial charge in [0, 0.05) is 42.7 Å². The van der Waals surface area contributed by atoms with Gasteiger partial charge in [-0.25, -0.2) is 14.8 Å². The van der Waals surface area contributed by atoms with Crippen molar-refractivity contribution < 1.29 is 14.3 Å². The second kappa shape index (κ2) is 9.18. The Morgan fingerprint density at radius 3 is 2.90 bits per heavy atom. The Hall–Kier alpha value is -3.38. The average molecular weight is 441 g/mol. The lowest BCUT2D eigenvalue weighted by molar-refractivity contribution is -0.134. The third kappa shape index (κ3) is 4.70. The smallest absolute Gasteiger partial charge is 0.325 e. The molecule has 9 nitrogen and oxygen atoms in total. The van der Waals surface area contributed by atoms with Crippen molar-refractivity contribution >= 4 is 29.2 Å². The number of carbonyl (C=O) groups excluding carboxylic acids is 2. The molecule has 1 unspecified atom stereocenters. The Morgan fingerprint density at radius 2 is 2.10 bits per heavy atom. The number of carbonyl (C=O) groups is 2. The van der Waals surface area contributed by atoms with Crippen LogP contribution in [0.3, 0.4) is 0 Å². The zero-order valence-corrected chi connectivity index (χ0v) is 17.5. The van der Waals surface area contributed by atoms with Gasteiger partial charge >= 0.3 is 6.03 Å². The first-order chi connectivity index (χ1) is 15.0. The van der Waals surface area contributed by atoms with Gasteiger partial charge in [-0.15, -0.1) is 0 Å². The molecular formula is C21H21ClN6O3. The standard InChI is InChI=1S/C21H21ClN6O3/c22-15-3-1-4-16(11-15)28-10-9-27(21(28)30)14-19(29)26-8-2-5-17(13-26)31-20-18(12-23)24-6-7-25-20/h1,3-4,6-7,11,17H,2,5,8-10,13-14H2. The first kappa shape index (κ1) is 20.9. The minimum absolute atomic E-state index is 0.0111. The van der Waals surface area contributed by atoms with Crippen LogP contribution in [-0.2, 0) is 4.79 Å². The Balaban J connectivity index is 1.35. The van der Waals surface area contributed by atoms with E-state index < -0.39 is 0 Å². The second-order valence-corrected chi connectivity index (χ2v) is 7.82. The lowest BCUT2D eigenvalue weighted by Crippen LogP contribution is -2.48. The maximum absolute atomic E-state index is 12.9. The van der Waals surface area contributed by atoms with E-state index in [0.29, 0.717) is 31.2 Å². The fourth-order valence-corrected chi connectivity index (χ4v) is 3.97. The van der Waals surface area contributed by atoms with E-state index in [1.54, 1.807) is 32.9 Å². The molecular weight excluding hydrogens is 420 g/mol. The van der Waals surface area contributed by atoms with Crippen LogP contribution in [0.15, 0.2) is 36.7 Å². The fourth-order valence-electron chi connectivity index (χ4n) is 3.78. The van der Waals surface area contributed by atoms with Gasteiger partial charge in [-0.3, -0.25) is 9.69 Å². The van der Waals surface area contributed by atoms with Crippen molar-refractivity contribution in [3.8, 4) is 11.9 Å². The van der Waals surface area contributed by atoms with Crippen LogP contribution in [0.25, 0.3) is 0 Å². The van der Waals surface area contributed by atoms with E-state index in [-0.39, 0.29) is 36.2 Å². The summed E-state index contributed by atoms with van der Waals surface area (Å²) in [5.74, 6) is 0.0467. The van der Waals surface area contributed by atoms with E-state index in [9.17, 15) is 9.59 Å². The molecule has 3 heterocycles. The van der Waals surface area contributed by atoms with Crippen LogP contribution in [0.5, 0.6) is 5.88 Å². The molecule has 2 aliphatic rings. The third-order valence-corrected chi connectivity index (χ3v) is 5.56. The van der Waals surface area contributed by atoms with Crippen molar-refractivity contribution in [2.45, 2.75) is 18.9 Å². The first-order valence-electron chi connectivity index (χ1n) is 10.0. The van der Waals surface area contributed by atoms with Crippen LogP contribution in [0.4, 0.5) is 10.5 Å². The quantitative estimate of drug-likeness (QED) is 0.706. The predicted molar refractivity (Wildman–Crippen MR) is 113 cm³/mol. The van der Waals surface area contributed by atoms with Gasteiger partial charge in [-0.2, -0.15) is 5.26 Å². The number of ether oxygens (including phenoxy) is 1. The van der Waals surface area contributed by atoms with Gasteiger partial charge in [0.25, 0.3) is 5.88 Å². The first-order valence-corrected chi connectivity index (χ1v) is 10.4. The highest BCUT2D eigenvalue weighted by atomic mass is 35.5. The van der Waals surface area contributed by atoms with E-state index >= 15 is 0 Å². The summed E-state index contributed by atoms with van der Waals surface area (Å²) in [6.07, 6.45) is 4.13. The Bertz CT molecular complexity index is 1030. The van der Waals surface area contributed by atoms with Gasteiger partial charge < -0.3 is 14.5 Å². The van der Waals surface area contributed by atoms with E-state index in [4.69, 9.17) is 21.6 Å². The molecule has 0 saturated carbocycles. The SMILES string of the molecule is N#Cc1nccnc1OC1CCCN(C(=O)CN2CCN(c3cccc(Cl)c3)C2=O)C1. The average Bonchev–Trinajstić information content (AvgIpc) is 3.14. The number of likely N-dealkylation sites (tertiary alicyclic amines) is 1. The maximum atomic E-state index is 12.9. The number of hydrogen-bond acceptors (Lipinski definition) is 6. The molecule has 0 N–H and O–H groups in total. The maximum Gasteiger partial charge on any atom is 0.325 e. The van der Waals surface area contributed by atoms with Gasteiger partial charge in [0.2, 0.25) is 11.6 Å². The van der Waals surface area contributed by atoms with Crippen molar-refractivity contribution in [2.24, 2.45) is 0 Å². The number of aromatic nitrogens is 2. The third-order valence-electron chi connectivity index (χ3n) is 5.32. The number of nitriles is 1. The lowest BCUT2D eigenvalue weighted by atomic mass is 10.1. The second-order valence-electron chi connectivity index (χ2n) is 7.38. The summed E-state index contributed by atoms with van der Waals surface area (Å²) in [6.45, 7) is 1.96. The highest BCUT2D eigenvalue weighted by Crippen LogP contribution is 2.24. The number of nitrogens with zero attached hydrogens (tertiary/aromatic N) is 6. The van der Waals surface area contributed by atoms with E-state index in [2.05, 4.69) is 9.97 Å². The minimum Gasteiger partial charge on any atom is -0.470 e. The number of anilines is 1. The summed E-state index contributed by atoms with van der Waals surface area (Å²) in [5, 5.41) is 9.70. The summed E-state index contributed by atoms with van der Waals surface area (Å²) in [6, 6.07) is 8.85. The molecule has 1 aromatic carbocycles. The van der Waals surface area contributed by atoms with Crippen LogP contribution < -0.4 is 9.64 Å². The predicted octanol–water partition coefficient (Wildman–Crippen LogP) is 2.31. The molecule has 160 valence electrons. The van der Waals surface area contributed by atoms with E-state index in [0.717, 1.165) is 18.5 Å². The number of halogens is 1. The van der Waals surface area contributed by atoms with Crippen molar-refractivity contribution in [1.29, 1.82) is 5.26 Å². The van der Waals surface area contributed by atoms with Gasteiger partial charge in [-0.05, 0) is 31.0 Å². The number of hydrogen-bond donors (Lipinski definition) is 0. The molecule has 1 aromatic heterocycles. The van der Waals surface area contributed by atoms with Gasteiger partial charge in [-0.1, -0.05) is 17.7 Å². The topological polar surface area (TPSA) is 103 Å². The molecule has 31 heavy (non-hydrogen) atoms. The summed E-state index contributed by atoms with van der Waals surface area (Å²) in [5.41, 5.74) is 0.839. The van der Waals surface area contributed by atoms with E-state index in [1.165, 1.54) is 12.4 Å². The lowest BCUT2D eigenvalue weighted by Gasteiger charge is -2.33. The van der Waals surface area contributed by atoms with Crippen LogP contribution in [0, 0.1) is 11.3 Å². The molecule has 1 atom stereocenters.